The lowest BCUT2D eigenvalue weighted by Gasteiger charge is -2.41. The molecule has 1 unspecified atom stereocenters. The lowest BCUT2D eigenvalue weighted by Crippen LogP contribution is -2.59. The van der Waals surface area contributed by atoms with Gasteiger partial charge in [-0.2, -0.15) is 0 Å². The molecule has 3 aliphatic heterocycles. The summed E-state index contributed by atoms with van der Waals surface area (Å²) in [7, 11) is 1.93. The Morgan fingerprint density at radius 1 is 1.30 bits per heavy atom. The number of fused-ring (bicyclic) bond motifs is 4. The average Bonchev–Trinajstić information content (AvgIpc) is 3.06. The molecule has 1 amide bonds. The Morgan fingerprint density at radius 3 is 2.78 bits per heavy atom. The monoisotopic (exact) mass is 319 g/mol. The molecule has 23 heavy (non-hydrogen) atoms. The molecule has 124 valence electrons. The Labute approximate surface area is 135 Å². The molecule has 4 rings (SSSR count). The normalized spacial score (nSPS) is 32.4. The van der Waals surface area contributed by atoms with E-state index in [-0.39, 0.29) is 12.5 Å². The van der Waals surface area contributed by atoms with Gasteiger partial charge in [0.05, 0.1) is 18.8 Å². The molecule has 4 heterocycles. The Kier molecular flexibility index (Phi) is 2.91. The molecule has 2 bridgehead atoms. The number of rotatable bonds is 1. The van der Waals surface area contributed by atoms with E-state index in [9.17, 15) is 9.18 Å². The summed E-state index contributed by atoms with van der Waals surface area (Å²) < 4.78 is 14.0. The second kappa shape index (κ2) is 4.56. The zero-order chi connectivity index (χ0) is 16.4. The first-order valence-corrected chi connectivity index (χ1v) is 8.06. The molecule has 6 nitrogen and oxygen atoms in total. The maximum Gasteiger partial charge on any atom is 0.272 e. The Balaban J connectivity index is 1.66. The van der Waals surface area contributed by atoms with Gasteiger partial charge in [-0.25, -0.2) is 9.37 Å². The van der Waals surface area contributed by atoms with Crippen molar-refractivity contribution in [2.75, 3.05) is 43.0 Å². The number of hydrogen-bond donors (Lipinski definition) is 1. The highest BCUT2D eigenvalue weighted by molar-refractivity contribution is 5.94. The lowest BCUT2D eigenvalue weighted by atomic mass is 10.1. The van der Waals surface area contributed by atoms with E-state index in [1.54, 1.807) is 11.0 Å². The molecular formula is C16H22FN5O. The minimum Gasteiger partial charge on any atom is -0.365 e. The number of hydrogen-bond acceptors (Lipinski definition) is 5. The molecule has 0 saturated carbocycles. The van der Waals surface area contributed by atoms with Crippen molar-refractivity contribution in [3.8, 4) is 0 Å². The van der Waals surface area contributed by atoms with Crippen LogP contribution in [0.5, 0.6) is 0 Å². The van der Waals surface area contributed by atoms with Gasteiger partial charge in [0.1, 0.15) is 17.0 Å². The number of alkyl halides is 1. The number of halogens is 1. The Bertz CT molecular complexity index is 678. The third-order valence-electron chi connectivity index (χ3n) is 5.39. The molecule has 0 radical (unpaired) electrons. The molecule has 7 heteroatoms. The number of likely N-dealkylation sites (N-methyl/N-ethyl adjacent to an activating group) is 1. The van der Waals surface area contributed by atoms with Gasteiger partial charge in [-0.3, -0.25) is 4.79 Å². The third-order valence-corrected chi connectivity index (χ3v) is 5.39. The van der Waals surface area contributed by atoms with Crippen LogP contribution in [0.1, 0.15) is 30.3 Å². The van der Waals surface area contributed by atoms with Gasteiger partial charge in [0, 0.05) is 33.0 Å². The number of pyridine rings is 1. The zero-order valence-corrected chi connectivity index (χ0v) is 13.5. The highest BCUT2D eigenvalue weighted by atomic mass is 19.1. The van der Waals surface area contributed by atoms with Crippen LogP contribution in [0.15, 0.2) is 12.1 Å². The molecule has 0 spiro atoms. The predicted octanol–water partition coefficient (Wildman–Crippen LogP) is 0.971. The molecule has 0 aliphatic carbocycles. The maximum atomic E-state index is 14.0. The van der Waals surface area contributed by atoms with Gasteiger partial charge in [-0.15, -0.1) is 0 Å². The van der Waals surface area contributed by atoms with Gasteiger partial charge in [-0.05, 0) is 19.1 Å². The predicted molar refractivity (Wildman–Crippen MR) is 86.4 cm³/mol. The van der Waals surface area contributed by atoms with E-state index in [2.05, 4.69) is 9.88 Å². The first kappa shape index (κ1) is 14.7. The van der Waals surface area contributed by atoms with Gasteiger partial charge in [0.15, 0.2) is 5.82 Å². The van der Waals surface area contributed by atoms with Crippen molar-refractivity contribution >= 4 is 17.4 Å². The topological polar surface area (TPSA) is 65.7 Å². The Morgan fingerprint density at radius 2 is 2.09 bits per heavy atom. The second-order valence-corrected chi connectivity index (χ2v) is 7.26. The summed E-state index contributed by atoms with van der Waals surface area (Å²) in [5.74, 6) is 0.533. The van der Waals surface area contributed by atoms with Gasteiger partial charge in [0.25, 0.3) is 5.91 Å². The number of carbonyl (C=O) groups excluding carboxylic acids is 1. The Hall–Kier alpha value is -1.89. The summed E-state index contributed by atoms with van der Waals surface area (Å²) in [6, 6.07) is 3.67. The van der Waals surface area contributed by atoms with Crippen molar-refractivity contribution in [1.82, 2.24) is 9.88 Å². The number of carbonyl (C=O) groups is 1. The number of nitrogens with two attached hydrogens (primary N) is 1. The molecule has 0 aromatic carbocycles. The van der Waals surface area contributed by atoms with E-state index in [1.807, 2.05) is 18.0 Å². The van der Waals surface area contributed by atoms with Crippen LogP contribution in [0.25, 0.3) is 0 Å². The lowest BCUT2D eigenvalue weighted by molar-refractivity contribution is 0.0755. The summed E-state index contributed by atoms with van der Waals surface area (Å²) in [4.78, 5) is 22.9. The van der Waals surface area contributed by atoms with Gasteiger partial charge in [0.2, 0.25) is 0 Å². The van der Waals surface area contributed by atoms with Gasteiger partial charge >= 0.3 is 0 Å². The summed E-state index contributed by atoms with van der Waals surface area (Å²) in [5, 5.41) is 0. The highest BCUT2D eigenvalue weighted by Gasteiger charge is 2.45. The van der Waals surface area contributed by atoms with E-state index in [0.29, 0.717) is 18.7 Å². The average molecular weight is 319 g/mol. The second-order valence-electron chi connectivity index (χ2n) is 7.26. The minimum atomic E-state index is -1.30. The first-order chi connectivity index (χ1) is 10.8. The largest absolute Gasteiger partial charge is 0.365 e. The van der Waals surface area contributed by atoms with Crippen molar-refractivity contribution < 1.29 is 9.18 Å². The SMILES string of the molecule is CN1c2nc(C(=O)N3CCC(C)(F)C3)ccc2N2CC[C@@]1(N)C2. The van der Waals surface area contributed by atoms with Gasteiger partial charge in [-0.1, -0.05) is 0 Å². The molecule has 1 aromatic heterocycles. The van der Waals surface area contributed by atoms with Crippen LogP contribution in [-0.4, -0.2) is 60.3 Å². The van der Waals surface area contributed by atoms with Crippen LogP contribution in [-0.2, 0) is 0 Å². The van der Waals surface area contributed by atoms with E-state index in [4.69, 9.17) is 5.73 Å². The molecule has 3 aliphatic rings. The van der Waals surface area contributed by atoms with E-state index < -0.39 is 11.3 Å². The summed E-state index contributed by atoms with van der Waals surface area (Å²) in [6.45, 7) is 3.78. The van der Waals surface area contributed by atoms with Crippen molar-refractivity contribution in [3.63, 3.8) is 0 Å². The minimum absolute atomic E-state index is 0.132. The number of likely N-dealkylation sites (tertiary alicyclic amines) is 1. The van der Waals surface area contributed by atoms with Crippen molar-refractivity contribution in [2.45, 2.75) is 31.1 Å². The number of anilines is 2. The standard InChI is InChI=1S/C16H22FN5O/c1-15(17)5-7-22(9-15)14(23)11-3-4-12-13(19-11)20(2)16(18)6-8-21(12)10-16/h3-4H,5-10,18H2,1-2H3/t15?,16-/m0/s1. The van der Waals surface area contributed by atoms with Crippen molar-refractivity contribution in [3.05, 3.63) is 17.8 Å². The van der Waals surface area contributed by atoms with Crippen LogP contribution >= 0.6 is 0 Å². The summed E-state index contributed by atoms with van der Waals surface area (Å²) >= 11 is 0. The summed E-state index contributed by atoms with van der Waals surface area (Å²) in [5.41, 5.74) is 6.09. The first-order valence-electron chi connectivity index (χ1n) is 8.06. The molecule has 2 atom stereocenters. The van der Waals surface area contributed by atoms with Crippen LogP contribution in [0, 0.1) is 0 Å². The number of amides is 1. The van der Waals surface area contributed by atoms with E-state index >= 15 is 0 Å². The maximum absolute atomic E-state index is 14.0. The third kappa shape index (κ3) is 2.17. The molecule has 1 aromatic rings. The van der Waals surface area contributed by atoms with Crippen LogP contribution < -0.4 is 15.5 Å². The van der Waals surface area contributed by atoms with Crippen molar-refractivity contribution in [1.29, 1.82) is 0 Å². The number of nitrogens with zero attached hydrogens (tertiary/aromatic N) is 4. The van der Waals surface area contributed by atoms with E-state index in [1.165, 1.54) is 6.92 Å². The highest BCUT2D eigenvalue weighted by Crippen LogP contribution is 2.41. The van der Waals surface area contributed by atoms with Gasteiger partial charge < -0.3 is 20.4 Å². The van der Waals surface area contributed by atoms with Crippen LogP contribution in [0.2, 0.25) is 0 Å². The van der Waals surface area contributed by atoms with Crippen molar-refractivity contribution in [2.24, 2.45) is 5.73 Å². The zero-order valence-electron chi connectivity index (χ0n) is 13.5. The fourth-order valence-corrected chi connectivity index (χ4v) is 3.82. The molecule has 2 N–H and O–H groups in total. The molecule has 2 saturated heterocycles. The van der Waals surface area contributed by atoms with E-state index in [0.717, 1.165) is 31.0 Å². The molecular weight excluding hydrogens is 297 g/mol. The van der Waals surface area contributed by atoms with Crippen LogP contribution in [0.3, 0.4) is 0 Å². The molecule has 2 fully saturated rings. The quantitative estimate of drug-likeness (QED) is 0.835. The number of aromatic nitrogens is 1. The smallest absolute Gasteiger partial charge is 0.272 e. The fourth-order valence-electron chi connectivity index (χ4n) is 3.82. The summed E-state index contributed by atoms with van der Waals surface area (Å²) in [6.07, 6.45) is 1.25. The van der Waals surface area contributed by atoms with Crippen LogP contribution in [0.4, 0.5) is 15.9 Å². The fraction of sp³-hybridized carbons (Fsp3) is 0.625.